The third kappa shape index (κ3) is 3.68. The number of methoxy groups -OCH3 is 1. The second-order valence-corrected chi connectivity index (χ2v) is 5.26. The summed E-state index contributed by atoms with van der Waals surface area (Å²) in [5.41, 5.74) is 0. The molecule has 98 valence electrons. The highest BCUT2D eigenvalue weighted by Gasteiger charge is 2.25. The van der Waals surface area contributed by atoms with Crippen LogP contribution in [0.3, 0.4) is 0 Å². The van der Waals surface area contributed by atoms with Gasteiger partial charge in [-0.15, -0.1) is 0 Å². The minimum Gasteiger partial charge on any atom is -0.380 e. The van der Waals surface area contributed by atoms with E-state index in [1.165, 1.54) is 12.8 Å². The van der Waals surface area contributed by atoms with Gasteiger partial charge in [-0.05, 0) is 44.7 Å². The molecule has 2 atom stereocenters. The summed E-state index contributed by atoms with van der Waals surface area (Å²) < 4.78 is 5.36. The Kier molecular flexibility index (Phi) is 4.80. The standard InChI is InChI=1S/C13H24N2O2/c1-17-12-5-3-7-15(10-12)13(16)8-11-4-2-6-14-9-11/h11-12,14H,2-10H2,1H3. The second kappa shape index (κ2) is 6.36. The van der Waals surface area contributed by atoms with E-state index in [4.69, 9.17) is 4.74 Å². The Hall–Kier alpha value is -0.610. The maximum atomic E-state index is 12.2. The number of nitrogens with zero attached hydrogens (tertiary/aromatic N) is 1. The van der Waals surface area contributed by atoms with Crippen molar-refractivity contribution in [2.75, 3.05) is 33.3 Å². The molecule has 1 amide bonds. The molecule has 0 aromatic carbocycles. The molecule has 0 aliphatic carbocycles. The minimum atomic E-state index is 0.247. The molecule has 0 spiro atoms. The minimum absolute atomic E-state index is 0.247. The summed E-state index contributed by atoms with van der Waals surface area (Å²) in [4.78, 5) is 14.2. The van der Waals surface area contributed by atoms with Crippen LogP contribution in [0.5, 0.6) is 0 Å². The van der Waals surface area contributed by atoms with E-state index >= 15 is 0 Å². The molecule has 0 bridgehead atoms. The number of nitrogens with one attached hydrogen (secondary N) is 1. The van der Waals surface area contributed by atoms with Crippen LogP contribution in [0.2, 0.25) is 0 Å². The Balaban J connectivity index is 1.78. The number of piperidine rings is 2. The van der Waals surface area contributed by atoms with Gasteiger partial charge in [-0.1, -0.05) is 0 Å². The van der Waals surface area contributed by atoms with Gasteiger partial charge in [-0.2, -0.15) is 0 Å². The first kappa shape index (κ1) is 12.8. The van der Waals surface area contributed by atoms with Crippen molar-refractivity contribution in [2.24, 2.45) is 5.92 Å². The maximum absolute atomic E-state index is 12.2. The Bertz CT molecular complexity index is 252. The second-order valence-electron chi connectivity index (χ2n) is 5.26. The molecule has 2 fully saturated rings. The third-order valence-corrected chi connectivity index (χ3v) is 3.93. The van der Waals surface area contributed by atoms with Crippen LogP contribution in [-0.2, 0) is 9.53 Å². The SMILES string of the molecule is COC1CCCN(C(=O)CC2CCCNC2)C1. The molecule has 2 aliphatic heterocycles. The molecular weight excluding hydrogens is 216 g/mol. The summed E-state index contributed by atoms with van der Waals surface area (Å²) in [6.07, 6.45) is 5.53. The number of likely N-dealkylation sites (tertiary alicyclic amines) is 1. The Morgan fingerprint density at radius 3 is 3.00 bits per heavy atom. The van der Waals surface area contributed by atoms with E-state index in [9.17, 15) is 4.79 Å². The van der Waals surface area contributed by atoms with Gasteiger partial charge in [0.1, 0.15) is 0 Å². The highest BCUT2D eigenvalue weighted by atomic mass is 16.5. The molecule has 2 saturated heterocycles. The fourth-order valence-corrected chi connectivity index (χ4v) is 2.83. The smallest absolute Gasteiger partial charge is 0.222 e. The molecule has 17 heavy (non-hydrogen) atoms. The van der Waals surface area contributed by atoms with Crippen molar-refractivity contribution in [3.63, 3.8) is 0 Å². The number of hydrogen-bond acceptors (Lipinski definition) is 3. The summed E-state index contributed by atoms with van der Waals surface area (Å²) in [6.45, 7) is 3.82. The van der Waals surface area contributed by atoms with Crippen molar-refractivity contribution in [1.82, 2.24) is 10.2 Å². The lowest BCUT2D eigenvalue weighted by Crippen LogP contribution is -2.44. The summed E-state index contributed by atoms with van der Waals surface area (Å²) >= 11 is 0. The van der Waals surface area contributed by atoms with E-state index < -0.39 is 0 Å². The van der Waals surface area contributed by atoms with E-state index in [1.807, 2.05) is 4.90 Å². The molecule has 0 saturated carbocycles. The van der Waals surface area contributed by atoms with Crippen molar-refractivity contribution in [3.8, 4) is 0 Å². The van der Waals surface area contributed by atoms with Gasteiger partial charge in [-0.3, -0.25) is 4.79 Å². The molecule has 0 radical (unpaired) electrons. The van der Waals surface area contributed by atoms with Crippen LogP contribution in [-0.4, -0.2) is 50.2 Å². The molecule has 2 rings (SSSR count). The molecule has 2 unspecified atom stereocenters. The van der Waals surface area contributed by atoms with Gasteiger partial charge < -0.3 is 15.0 Å². The molecule has 0 aromatic rings. The molecule has 2 heterocycles. The van der Waals surface area contributed by atoms with Crippen molar-refractivity contribution in [3.05, 3.63) is 0 Å². The van der Waals surface area contributed by atoms with E-state index in [-0.39, 0.29) is 6.10 Å². The van der Waals surface area contributed by atoms with E-state index in [0.717, 1.165) is 39.0 Å². The van der Waals surface area contributed by atoms with Gasteiger partial charge in [0.25, 0.3) is 0 Å². The Labute approximate surface area is 104 Å². The lowest BCUT2D eigenvalue weighted by molar-refractivity contribution is -0.135. The first-order valence-corrected chi connectivity index (χ1v) is 6.81. The number of carbonyl (C=O) groups is 1. The number of amides is 1. The zero-order chi connectivity index (χ0) is 12.1. The number of carbonyl (C=O) groups excluding carboxylic acids is 1. The molecule has 1 N–H and O–H groups in total. The van der Waals surface area contributed by atoms with Gasteiger partial charge >= 0.3 is 0 Å². The zero-order valence-electron chi connectivity index (χ0n) is 10.8. The summed E-state index contributed by atoms with van der Waals surface area (Å²) in [5, 5.41) is 3.37. The van der Waals surface area contributed by atoms with Crippen LogP contribution >= 0.6 is 0 Å². The first-order valence-electron chi connectivity index (χ1n) is 6.81. The van der Waals surface area contributed by atoms with Crippen molar-refractivity contribution >= 4 is 5.91 Å². The fraction of sp³-hybridized carbons (Fsp3) is 0.923. The molecule has 4 nitrogen and oxygen atoms in total. The quantitative estimate of drug-likeness (QED) is 0.800. The van der Waals surface area contributed by atoms with E-state index in [0.29, 0.717) is 18.2 Å². The van der Waals surface area contributed by atoms with Crippen LogP contribution in [0.15, 0.2) is 0 Å². The topological polar surface area (TPSA) is 41.6 Å². The highest BCUT2D eigenvalue weighted by molar-refractivity contribution is 5.76. The van der Waals surface area contributed by atoms with Crippen LogP contribution in [0.4, 0.5) is 0 Å². The fourth-order valence-electron chi connectivity index (χ4n) is 2.83. The van der Waals surface area contributed by atoms with Gasteiger partial charge in [-0.25, -0.2) is 0 Å². The monoisotopic (exact) mass is 240 g/mol. The highest BCUT2D eigenvalue weighted by Crippen LogP contribution is 2.18. The summed E-state index contributed by atoms with van der Waals surface area (Å²) in [6, 6.07) is 0. The van der Waals surface area contributed by atoms with E-state index in [2.05, 4.69) is 5.32 Å². The average molecular weight is 240 g/mol. The largest absolute Gasteiger partial charge is 0.380 e. The van der Waals surface area contributed by atoms with E-state index in [1.54, 1.807) is 7.11 Å². The zero-order valence-corrected chi connectivity index (χ0v) is 10.8. The van der Waals surface area contributed by atoms with Gasteiger partial charge in [0.05, 0.1) is 6.10 Å². The average Bonchev–Trinajstić information content (AvgIpc) is 2.40. The normalized spacial score (nSPS) is 30.3. The maximum Gasteiger partial charge on any atom is 0.222 e. The van der Waals surface area contributed by atoms with Crippen LogP contribution in [0.1, 0.15) is 32.1 Å². The summed E-state index contributed by atoms with van der Waals surface area (Å²) in [7, 11) is 1.74. The molecular formula is C13H24N2O2. The van der Waals surface area contributed by atoms with Crippen LogP contribution in [0.25, 0.3) is 0 Å². The number of hydrogen-bond donors (Lipinski definition) is 1. The third-order valence-electron chi connectivity index (χ3n) is 3.93. The predicted molar refractivity (Wildman–Crippen MR) is 66.8 cm³/mol. The Morgan fingerprint density at radius 2 is 2.29 bits per heavy atom. The van der Waals surface area contributed by atoms with Crippen molar-refractivity contribution in [1.29, 1.82) is 0 Å². The lowest BCUT2D eigenvalue weighted by Gasteiger charge is -2.33. The van der Waals surface area contributed by atoms with Gasteiger partial charge in [0.15, 0.2) is 0 Å². The predicted octanol–water partition coefficient (Wildman–Crippen LogP) is 1.01. The molecule has 0 aromatic heterocycles. The molecule has 4 heteroatoms. The first-order chi connectivity index (χ1) is 8.29. The Morgan fingerprint density at radius 1 is 1.41 bits per heavy atom. The van der Waals surface area contributed by atoms with Crippen LogP contribution in [0, 0.1) is 5.92 Å². The number of rotatable bonds is 3. The van der Waals surface area contributed by atoms with Crippen molar-refractivity contribution < 1.29 is 9.53 Å². The van der Waals surface area contributed by atoms with Gasteiger partial charge in [0.2, 0.25) is 5.91 Å². The summed E-state index contributed by atoms with van der Waals surface area (Å²) in [5.74, 6) is 0.861. The van der Waals surface area contributed by atoms with Crippen molar-refractivity contribution in [2.45, 2.75) is 38.2 Å². The number of ether oxygens (including phenoxy) is 1. The molecule has 2 aliphatic rings. The van der Waals surface area contributed by atoms with Crippen LogP contribution < -0.4 is 5.32 Å². The van der Waals surface area contributed by atoms with Gasteiger partial charge in [0, 0.05) is 26.6 Å². The lowest BCUT2D eigenvalue weighted by atomic mass is 9.95.